The molecule has 0 aliphatic carbocycles. The average molecular weight is 293 g/mol. The van der Waals surface area contributed by atoms with Gasteiger partial charge in [0.2, 0.25) is 0 Å². The van der Waals surface area contributed by atoms with Gasteiger partial charge in [-0.2, -0.15) is 0 Å². The fraction of sp³-hybridized carbons (Fsp3) is 0.333. The predicted octanol–water partition coefficient (Wildman–Crippen LogP) is 3.15. The van der Waals surface area contributed by atoms with Gasteiger partial charge in [-0.1, -0.05) is 36.3 Å². The number of likely N-dealkylation sites (tertiary alicyclic amines) is 1. The van der Waals surface area contributed by atoms with Crippen molar-refractivity contribution >= 4 is 5.91 Å². The molecule has 0 saturated carbocycles. The number of carbonyl (C=O) groups is 1. The smallest absolute Gasteiger partial charge is 0.299 e. The molecule has 0 spiro atoms. The number of imidazole rings is 1. The van der Waals surface area contributed by atoms with E-state index in [2.05, 4.69) is 21.8 Å². The molecule has 1 fully saturated rings. The van der Waals surface area contributed by atoms with Crippen molar-refractivity contribution in [3.8, 4) is 23.1 Å². The molecule has 1 amide bonds. The maximum absolute atomic E-state index is 12.2. The van der Waals surface area contributed by atoms with Crippen molar-refractivity contribution in [2.45, 2.75) is 32.2 Å². The van der Waals surface area contributed by atoms with E-state index in [0.717, 1.165) is 42.9 Å². The highest BCUT2D eigenvalue weighted by atomic mass is 16.2. The molecule has 1 aliphatic rings. The van der Waals surface area contributed by atoms with Gasteiger partial charge < -0.3 is 9.88 Å². The lowest BCUT2D eigenvalue weighted by Crippen LogP contribution is -2.38. The molecule has 1 aliphatic heterocycles. The second kappa shape index (κ2) is 6.48. The Labute approximate surface area is 130 Å². The largest absolute Gasteiger partial charge is 0.340 e. The van der Waals surface area contributed by atoms with E-state index in [9.17, 15) is 4.79 Å². The van der Waals surface area contributed by atoms with E-state index in [-0.39, 0.29) is 11.9 Å². The molecule has 0 unspecified atom stereocenters. The Morgan fingerprint density at radius 2 is 2.14 bits per heavy atom. The second-order valence-electron chi connectivity index (χ2n) is 5.43. The summed E-state index contributed by atoms with van der Waals surface area (Å²) in [5.74, 6) is 6.09. The minimum absolute atomic E-state index is 0.000405. The summed E-state index contributed by atoms with van der Waals surface area (Å²) in [6.45, 7) is 2.44. The number of rotatable bonds is 2. The molecule has 1 aromatic carbocycles. The van der Waals surface area contributed by atoms with Gasteiger partial charge in [-0.25, -0.2) is 4.98 Å². The lowest BCUT2D eigenvalue weighted by atomic mass is 10.0. The Balaban J connectivity index is 1.87. The van der Waals surface area contributed by atoms with Crippen LogP contribution in [-0.2, 0) is 4.79 Å². The predicted molar refractivity (Wildman–Crippen MR) is 85.8 cm³/mol. The van der Waals surface area contributed by atoms with Crippen molar-refractivity contribution in [3.63, 3.8) is 0 Å². The van der Waals surface area contributed by atoms with Crippen LogP contribution in [0.2, 0.25) is 0 Å². The van der Waals surface area contributed by atoms with Gasteiger partial charge in [0, 0.05) is 6.54 Å². The Kier molecular flexibility index (Phi) is 4.24. The number of benzene rings is 1. The molecular weight excluding hydrogens is 274 g/mol. The summed E-state index contributed by atoms with van der Waals surface area (Å²) in [6, 6.07) is 10.1. The quantitative estimate of drug-likeness (QED) is 0.865. The van der Waals surface area contributed by atoms with Crippen LogP contribution in [0.1, 0.15) is 38.1 Å². The van der Waals surface area contributed by atoms with E-state index >= 15 is 0 Å². The average Bonchev–Trinajstić information content (AvgIpc) is 3.06. The van der Waals surface area contributed by atoms with E-state index in [1.807, 2.05) is 41.4 Å². The maximum atomic E-state index is 12.2. The van der Waals surface area contributed by atoms with Crippen molar-refractivity contribution in [1.29, 1.82) is 0 Å². The fourth-order valence-corrected chi connectivity index (χ4v) is 2.91. The van der Waals surface area contributed by atoms with E-state index in [1.54, 1.807) is 6.92 Å². The van der Waals surface area contributed by atoms with Gasteiger partial charge in [0.15, 0.2) is 0 Å². The zero-order valence-electron chi connectivity index (χ0n) is 12.7. The summed E-state index contributed by atoms with van der Waals surface area (Å²) < 4.78 is 0. The normalized spacial score (nSPS) is 17.7. The van der Waals surface area contributed by atoms with Gasteiger partial charge in [0.25, 0.3) is 5.91 Å². The molecular formula is C18H19N3O. The summed E-state index contributed by atoms with van der Waals surface area (Å²) in [5.41, 5.74) is 2.08. The van der Waals surface area contributed by atoms with Crippen LogP contribution < -0.4 is 0 Å². The molecule has 2 heterocycles. The Bertz CT molecular complexity index is 709. The number of amides is 1. The number of nitrogens with zero attached hydrogens (tertiary/aromatic N) is 2. The summed E-state index contributed by atoms with van der Waals surface area (Å²) >= 11 is 0. The molecule has 1 saturated heterocycles. The molecule has 4 heteroatoms. The molecule has 2 aromatic rings. The highest BCUT2D eigenvalue weighted by Gasteiger charge is 2.29. The molecule has 0 bridgehead atoms. The zero-order valence-corrected chi connectivity index (χ0v) is 12.7. The highest BCUT2D eigenvalue weighted by molar-refractivity contribution is 5.93. The minimum atomic E-state index is -0.107. The first-order valence-electron chi connectivity index (χ1n) is 7.63. The Morgan fingerprint density at radius 3 is 2.91 bits per heavy atom. The summed E-state index contributed by atoms with van der Waals surface area (Å²) in [4.78, 5) is 21.9. The van der Waals surface area contributed by atoms with Gasteiger partial charge in [0.1, 0.15) is 5.82 Å². The van der Waals surface area contributed by atoms with E-state index < -0.39 is 0 Å². The lowest BCUT2D eigenvalue weighted by molar-refractivity contribution is -0.128. The fourth-order valence-electron chi connectivity index (χ4n) is 2.91. The monoisotopic (exact) mass is 293 g/mol. The molecule has 3 rings (SSSR count). The summed E-state index contributed by atoms with van der Waals surface area (Å²) in [6.07, 6.45) is 4.90. The van der Waals surface area contributed by atoms with Crippen LogP contribution in [0.15, 0.2) is 36.5 Å². The van der Waals surface area contributed by atoms with E-state index in [0.29, 0.717) is 0 Å². The Morgan fingerprint density at radius 1 is 1.32 bits per heavy atom. The van der Waals surface area contributed by atoms with Crippen LogP contribution in [0.5, 0.6) is 0 Å². The van der Waals surface area contributed by atoms with Gasteiger partial charge in [0.05, 0.1) is 17.9 Å². The van der Waals surface area contributed by atoms with Crippen LogP contribution in [0.3, 0.4) is 0 Å². The molecule has 1 aromatic heterocycles. The van der Waals surface area contributed by atoms with Crippen LogP contribution in [0, 0.1) is 11.8 Å². The third-order valence-corrected chi connectivity index (χ3v) is 3.99. The van der Waals surface area contributed by atoms with Gasteiger partial charge in [-0.15, -0.1) is 0 Å². The topological polar surface area (TPSA) is 49.0 Å². The van der Waals surface area contributed by atoms with Gasteiger partial charge in [-0.05, 0) is 37.7 Å². The minimum Gasteiger partial charge on any atom is -0.340 e. The number of hydrogen-bond donors (Lipinski definition) is 1. The third-order valence-electron chi connectivity index (χ3n) is 3.99. The SMILES string of the molecule is CC#CC(=O)N1CCCC[C@@H]1c1ncc(-c2ccccc2)[nH]1. The maximum Gasteiger partial charge on any atom is 0.299 e. The standard InChI is InChI=1S/C18H19N3O/c1-2-8-17(22)21-12-7-6-11-16(21)18-19-13-15(20-18)14-9-4-3-5-10-14/h3-5,9-10,13,16H,6-7,11-12H2,1H3,(H,19,20)/t16-/m1/s1. The van der Waals surface area contributed by atoms with Crippen molar-refractivity contribution in [2.24, 2.45) is 0 Å². The molecule has 0 radical (unpaired) electrons. The van der Waals surface area contributed by atoms with Crippen LogP contribution in [-0.4, -0.2) is 27.3 Å². The van der Waals surface area contributed by atoms with Crippen LogP contribution >= 0.6 is 0 Å². The van der Waals surface area contributed by atoms with Crippen LogP contribution in [0.4, 0.5) is 0 Å². The molecule has 22 heavy (non-hydrogen) atoms. The first-order chi connectivity index (χ1) is 10.8. The van der Waals surface area contributed by atoms with E-state index in [4.69, 9.17) is 0 Å². The molecule has 4 nitrogen and oxygen atoms in total. The number of hydrogen-bond acceptors (Lipinski definition) is 2. The van der Waals surface area contributed by atoms with Gasteiger partial charge in [-0.3, -0.25) is 4.79 Å². The van der Waals surface area contributed by atoms with Crippen molar-refractivity contribution < 1.29 is 4.79 Å². The van der Waals surface area contributed by atoms with E-state index in [1.165, 1.54) is 0 Å². The third kappa shape index (κ3) is 2.89. The first kappa shape index (κ1) is 14.4. The van der Waals surface area contributed by atoms with Crippen molar-refractivity contribution in [1.82, 2.24) is 14.9 Å². The number of carbonyl (C=O) groups excluding carboxylic acids is 1. The number of H-pyrrole nitrogens is 1. The molecule has 112 valence electrons. The van der Waals surface area contributed by atoms with Crippen molar-refractivity contribution in [3.05, 3.63) is 42.4 Å². The number of nitrogens with one attached hydrogen (secondary N) is 1. The Hall–Kier alpha value is -2.54. The molecule has 1 N–H and O–H groups in total. The summed E-state index contributed by atoms with van der Waals surface area (Å²) in [5, 5.41) is 0. The molecule has 1 atom stereocenters. The van der Waals surface area contributed by atoms with Gasteiger partial charge >= 0.3 is 0 Å². The lowest BCUT2D eigenvalue weighted by Gasteiger charge is -2.33. The highest BCUT2D eigenvalue weighted by Crippen LogP contribution is 2.30. The number of aromatic amines is 1. The first-order valence-corrected chi connectivity index (χ1v) is 7.63. The number of piperidine rings is 1. The zero-order chi connectivity index (χ0) is 15.4. The number of aromatic nitrogens is 2. The summed E-state index contributed by atoms with van der Waals surface area (Å²) in [7, 11) is 0. The second-order valence-corrected chi connectivity index (χ2v) is 5.43. The van der Waals surface area contributed by atoms with Crippen LogP contribution in [0.25, 0.3) is 11.3 Å². The van der Waals surface area contributed by atoms with Crippen molar-refractivity contribution in [2.75, 3.05) is 6.54 Å².